The van der Waals surface area contributed by atoms with E-state index in [9.17, 15) is 0 Å². The van der Waals surface area contributed by atoms with Crippen molar-refractivity contribution in [3.05, 3.63) is 29.3 Å². The molecular formula is C14H19N5. The highest BCUT2D eigenvalue weighted by atomic mass is 15.4. The minimum atomic E-state index is 0.802. The van der Waals surface area contributed by atoms with Crippen LogP contribution in [0.5, 0.6) is 0 Å². The lowest BCUT2D eigenvalue weighted by Gasteiger charge is -2.25. The molecule has 19 heavy (non-hydrogen) atoms. The summed E-state index contributed by atoms with van der Waals surface area (Å²) in [6, 6.07) is 6.43. The zero-order chi connectivity index (χ0) is 13.2. The maximum absolute atomic E-state index is 4.62. The molecule has 5 heteroatoms. The van der Waals surface area contributed by atoms with Gasteiger partial charge in [-0.2, -0.15) is 4.98 Å². The van der Waals surface area contributed by atoms with Crippen LogP contribution in [0, 0.1) is 13.8 Å². The van der Waals surface area contributed by atoms with E-state index in [4.69, 9.17) is 0 Å². The van der Waals surface area contributed by atoms with Crippen LogP contribution in [-0.4, -0.2) is 41.4 Å². The van der Waals surface area contributed by atoms with Crippen molar-refractivity contribution in [2.45, 2.75) is 13.8 Å². The lowest BCUT2D eigenvalue weighted by atomic mass is 10.1. The van der Waals surface area contributed by atoms with Gasteiger partial charge in [0.05, 0.1) is 0 Å². The first-order valence-corrected chi connectivity index (χ1v) is 6.69. The first-order chi connectivity index (χ1) is 9.22. The number of nitrogens with zero attached hydrogens (tertiary/aromatic N) is 3. The van der Waals surface area contributed by atoms with E-state index in [1.54, 1.807) is 0 Å². The summed E-state index contributed by atoms with van der Waals surface area (Å²) in [5, 5.41) is 10.7. The Morgan fingerprint density at radius 1 is 1.05 bits per heavy atom. The van der Waals surface area contributed by atoms with Crippen molar-refractivity contribution in [2.75, 3.05) is 31.1 Å². The van der Waals surface area contributed by atoms with Gasteiger partial charge in [-0.15, -0.1) is 5.10 Å². The Bertz CT molecular complexity index is 549. The van der Waals surface area contributed by atoms with Crippen LogP contribution in [-0.2, 0) is 0 Å². The van der Waals surface area contributed by atoms with Crippen LogP contribution in [0.25, 0.3) is 11.4 Å². The Hall–Kier alpha value is -1.88. The van der Waals surface area contributed by atoms with Crippen molar-refractivity contribution >= 4 is 5.95 Å². The second kappa shape index (κ2) is 5.01. The number of benzene rings is 1. The Morgan fingerprint density at radius 3 is 2.42 bits per heavy atom. The Morgan fingerprint density at radius 2 is 1.74 bits per heavy atom. The monoisotopic (exact) mass is 257 g/mol. The van der Waals surface area contributed by atoms with Gasteiger partial charge in [0.25, 0.3) is 0 Å². The van der Waals surface area contributed by atoms with Crippen LogP contribution in [0.3, 0.4) is 0 Å². The number of nitrogens with one attached hydrogen (secondary N) is 2. The molecule has 0 radical (unpaired) electrons. The third-order valence-electron chi connectivity index (χ3n) is 3.37. The lowest BCUT2D eigenvalue weighted by Crippen LogP contribution is -2.44. The summed E-state index contributed by atoms with van der Waals surface area (Å²) < 4.78 is 0. The van der Waals surface area contributed by atoms with Crippen LogP contribution in [0.2, 0.25) is 0 Å². The van der Waals surface area contributed by atoms with E-state index in [1.165, 1.54) is 11.1 Å². The molecule has 0 saturated carbocycles. The largest absolute Gasteiger partial charge is 0.337 e. The van der Waals surface area contributed by atoms with Gasteiger partial charge < -0.3 is 10.2 Å². The second-order valence-corrected chi connectivity index (χ2v) is 5.10. The van der Waals surface area contributed by atoms with E-state index < -0.39 is 0 Å². The van der Waals surface area contributed by atoms with Gasteiger partial charge in [0, 0.05) is 31.7 Å². The molecule has 0 atom stereocenters. The van der Waals surface area contributed by atoms with Crippen LogP contribution in [0.1, 0.15) is 11.1 Å². The maximum Gasteiger partial charge on any atom is 0.245 e. The highest BCUT2D eigenvalue weighted by Crippen LogP contribution is 2.20. The van der Waals surface area contributed by atoms with Gasteiger partial charge >= 0.3 is 0 Å². The standard InChI is InChI=1S/C14H19N5/c1-10-7-11(2)9-12(8-10)13-16-14(18-17-13)19-5-3-15-4-6-19/h7-9,15H,3-6H2,1-2H3,(H,16,17,18). The predicted octanol–water partition coefficient (Wildman–Crippen LogP) is 1.50. The van der Waals surface area contributed by atoms with Gasteiger partial charge in [-0.25, -0.2) is 0 Å². The molecule has 1 aliphatic rings. The highest BCUT2D eigenvalue weighted by molar-refractivity contribution is 5.58. The molecule has 1 aromatic carbocycles. The van der Waals surface area contributed by atoms with Gasteiger partial charge in [-0.05, 0) is 26.0 Å². The van der Waals surface area contributed by atoms with Gasteiger partial charge in [-0.1, -0.05) is 17.2 Å². The Balaban J connectivity index is 1.87. The molecule has 0 bridgehead atoms. The van der Waals surface area contributed by atoms with Crippen molar-refractivity contribution in [3.8, 4) is 11.4 Å². The third kappa shape index (κ3) is 2.61. The molecule has 3 rings (SSSR count). The normalized spacial score (nSPS) is 15.8. The Kier molecular flexibility index (Phi) is 3.21. The first-order valence-electron chi connectivity index (χ1n) is 6.69. The fourth-order valence-corrected chi connectivity index (χ4v) is 2.50. The molecule has 1 saturated heterocycles. The van der Waals surface area contributed by atoms with Crippen molar-refractivity contribution < 1.29 is 0 Å². The zero-order valence-electron chi connectivity index (χ0n) is 11.4. The first kappa shape index (κ1) is 12.2. The van der Waals surface area contributed by atoms with E-state index in [0.29, 0.717) is 0 Å². The summed E-state index contributed by atoms with van der Waals surface area (Å²) >= 11 is 0. The predicted molar refractivity (Wildman–Crippen MR) is 76.4 cm³/mol. The number of aromatic amines is 1. The molecule has 2 N–H and O–H groups in total. The third-order valence-corrected chi connectivity index (χ3v) is 3.37. The quantitative estimate of drug-likeness (QED) is 0.856. The van der Waals surface area contributed by atoms with Crippen LogP contribution in [0.15, 0.2) is 18.2 Å². The molecule has 2 heterocycles. The molecule has 1 aromatic heterocycles. The number of aryl methyl sites for hydroxylation is 2. The van der Waals surface area contributed by atoms with Gasteiger partial charge in [0.15, 0.2) is 5.82 Å². The SMILES string of the molecule is Cc1cc(C)cc(-c2nc(N3CCNCC3)n[nH]2)c1. The molecule has 2 aromatic rings. The van der Waals surface area contributed by atoms with Gasteiger partial charge in [0.2, 0.25) is 5.95 Å². The topological polar surface area (TPSA) is 56.8 Å². The fourth-order valence-electron chi connectivity index (χ4n) is 2.50. The minimum absolute atomic E-state index is 0.802. The number of anilines is 1. The fraction of sp³-hybridized carbons (Fsp3) is 0.429. The molecule has 0 aliphatic carbocycles. The molecule has 1 fully saturated rings. The van der Waals surface area contributed by atoms with E-state index in [-0.39, 0.29) is 0 Å². The average Bonchev–Trinajstić information content (AvgIpc) is 2.88. The zero-order valence-corrected chi connectivity index (χ0v) is 11.4. The number of hydrogen-bond acceptors (Lipinski definition) is 4. The van der Waals surface area contributed by atoms with Crippen LogP contribution < -0.4 is 10.2 Å². The minimum Gasteiger partial charge on any atom is -0.337 e. The summed E-state index contributed by atoms with van der Waals surface area (Å²) in [4.78, 5) is 6.83. The maximum atomic E-state index is 4.62. The summed E-state index contributed by atoms with van der Waals surface area (Å²) in [6.07, 6.45) is 0. The van der Waals surface area contributed by atoms with Crippen molar-refractivity contribution in [1.82, 2.24) is 20.5 Å². The number of hydrogen-bond donors (Lipinski definition) is 2. The summed E-state index contributed by atoms with van der Waals surface area (Å²) in [6.45, 7) is 8.11. The Labute approximate surface area is 113 Å². The molecule has 100 valence electrons. The number of rotatable bonds is 2. The molecule has 0 amide bonds. The molecule has 0 unspecified atom stereocenters. The van der Waals surface area contributed by atoms with Crippen molar-refractivity contribution in [3.63, 3.8) is 0 Å². The summed E-state index contributed by atoms with van der Waals surface area (Å²) in [5.74, 6) is 1.65. The van der Waals surface area contributed by atoms with Crippen molar-refractivity contribution in [1.29, 1.82) is 0 Å². The van der Waals surface area contributed by atoms with E-state index >= 15 is 0 Å². The molecule has 5 nitrogen and oxygen atoms in total. The van der Waals surface area contributed by atoms with E-state index in [2.05, 4.69) is 57.4 Å². The second-order valence-electron chi connectivity index (χ2n) is 5.10. The lowest BCUT2D eigenvalue weighted by molar-refractivity contribution is 0.580. The number of aromatic nitrogens is 3. The van der Waals surface area contributed by atoms with Gasteiger partial charge in [-0.3, -0.25) is 5.10 Å². The number of H-pyrrole nitrogens is 1. The summed E-state index contributed by atoms with van der Waals surface area (Å²) in [5.41, 5.74) is 3.59. The molecule has 1 aliphatic heterocycles. The highest BCUT2D eigenvalue weighted by Gasteiger charge is 2.15. The van der Waals surface area contributed by atoms with Crippen LogP contribution >= 0.6 is 0 Å². The average molecular weight is 257 g/mol. The van der Waals surface area contributed by atoms with Gasteiger partial charge in [0.1, 0.15) is 0 Å². The van der Waals surface area contributed by atoms with Crippen molar-refractivity contribution in [2.24, 2.45) is 0 Å². The summed E-state index contributed by atoms with van der Waals surface area (Å²) in [7, 11) is 0. The molecular weight excluding hydrogens is 238 g/mol. The molecule has 0 spiro atoms. The van der Waals surface area contributed by atoms with Crippen LogP contribution in [0.4, 0.5) is 5.95 Å². The number of piperazine rings is 1. The van der Waals surface area contributed by atoms with E-state index in [1.807, 2.05) is 0 Å². The smallest absolute Gasteiger partial charge is 0.245 e. The van der Waals surface area contributed by atoms with E-state index in [0.717, 1.165) is 43.5 Å².